The van der Waals surface area contributed by atoms with Crippen LogP contribution in [0.5, 0.6) is 0 Å². The Bertz CT molecular complexity index is 1420. The first-order valence-electron chi connectivity index (χ1n) is 11.4. The lowest BCUT2D eigenvalue weighted by atomic mass is 10.1. The first-order valence-corrected chi connectivity index (χ1v) is 11.4. The van der Waals surface area contributed by atoms with Crippen LogP contribution in [-0.2, 0) is 13.0 Å². The molecule has 0 spiro atoms. The third-order valence-electron chi connectivity index (χ3n) is 6.10. The molecule has 0 radical (unpaired) electrons. The van der Waals surface area contributed by atoms with Crippen LogP contribution in [0.15, 0.2) is 72.3 Å². The van der Waals surface area contributed by atoms with Gasteiger partial charge in [0.15, 0.2) is 5.65 Å². The maximum absolute atomic E-state index is 6.36. The lowest BCUT2D eigenvalue weighted by Gasteiger charge is -2.13. The zero-order chi connectivity index (χ0) is 23.7. The first kappa shape index (κ1) is 21.8. The van der Waals surface area contributed by atoms with Gasteiger partial charge in [-0.2, -0.15) is 5.10 Å². The van der Waals surface area contributed by atoms with Crippen LogP contribution in [0.25, 0.3) is 16.9 Å². The predicted octanol–water partition coefficient (Wildman–Crippen LogP) is 4.58. The zero-order valence-corrected chi connectivity index (χ0v) is 19.4. The summed E-state index contributed by atoms with van der Waals surface area (Å²) >= 11 is 0. The number of allylic oxidation sites excluding steroid dienone is 3. The number of aromatic amines is 1. The van der Waals surface area contributed by atoms with E-state index < -0.39 is 0 Å². The number of rotatable bonds is 7. The lowest BCUT2D eigenvalue weighted by Crippen LogP contribution is -2.10. The van der Waals surface area contributed by atoms with E-state index in [2.05, 4.69) is 45.2 Å². The molecule has 1 unspecified atom stereocenters. The molecule has 3 aromatic heterocycles. The number of fused-ring (bicyclic) bond motifs is 2. The highest BCUT2D eigenvalue weighted by Gasteiger charge is 2.22. The number of nitrogens with two attached hydrogens (primary N) is 1. The van der Waals surface area contributed by atoms with Gasteiger partial charge in [0.1, 0.15) is 17.8 Å². The number of imidazole rings is 1. The number of aromatic nitrogens is 5. The van der Waals surface area contributed by atoms with Gasteiger partial charge < -0.3 is 16.0 Å². The van der Waals surface area contributed by atoms with E-state index in [9.17, 15) is 0 Å². The number of H-pyrrole nitrogens is 1. The van der Waals surface area contributed by atoms with Crippen molar-refractivity contribution in [2.24, 2.45) is 10.7 Å². The Balaban J connectivity index is 1.51. The number of benzene rings is 1. The van der Waals surface area contributed by atoms with Crippen LogP contribution >= 0.6 is 0 Å². The van der Waals surface area contributed by atoms with Crippen LogP contribution in [0.2, 0.25) is 0 Å². The van der Waals surface area contributed by atoms with Crippen molar-refractivity contribution in [3.05, 3.63) is 89.9 Å². The quantitative estimate of drug-likeness (QED) is 0.281. The molecule has 0 fully saturated rings. The standard InChI is InChI=1S/C26H28N8/c1-4-6-16(2)31-17(3)25-26(19-10-12-23-29-15-30-34(23)14-19)33-22(32-25)13-28-21-8-5-7-18-9-11-20(27)24(18)21/h4-8,10,12,14-15,20,28H,1,9,11,13,27H2,2-3H3,(H,32,33)/b16-6-,31-17+. The summed E-state index contributed by atoms with van der Waals surface area (Å²) < 4.78 is 1.75. The third-order valence-corrected chi connectivity index (χ3v) is 6.10. The Morgan fingerprint density at radius 3 is 3.06 bits per heavy atom. The minimum Gasteiger partial charge on any atom is -0.378 e. The van der Waals surface area contributed by atoms with Crippen LogP contribution < -0.4 is 11.1 Å². The van der Waals surface area contributed by atoms with Crippen molar-refractivity contribution in [3.8, 4) is 11.3 Å². The van der Waals surface area contributed by atoms with Gasteiger partial charge in [-0.25, -0.2) is 14.5 Å². The molecule has 34 heavy (non-hydrogen) atoms. The van der Waals surface area contributed by atoms with E-state index in [4.69, 9.17) is 15.7 Å². The van der Waals surface area contributed by atoms with Crippen LogP contribution in [0.4, 0.5) is 5.69 Å². The van der Waals surface area contributed by atoms with Crippen LogP contribution in [-0.4, -0.2) is 30.3 Å². The SMILES string of the molecule is C=C/C=C(C)\N=C(/C)c1nc(CNc2cccc3c2C(N)CC3)[nH]c1-c1ccc2ncnn2c1. The largest absolute Gasteiger partial charge is 0.378 e. The molecule has 0 amide bonds. The molecule has 5 rings (SSSR count). The van der Waals surface area contributed by atoms with Gasteiger partial charge in [0.25, 0.3) is 0 Å². The van der Waals surface area contributed by atoms with E-state index in [0.717, 1.165) is 58.4 Å². The van der Waals surface area contributed by atoms with Crippen molar-refractivity contribution < 1.29 is 0 Å². The molecule has 1 atom stereocenters. The topological polar surface area (TPSA) is 109 Å². The van der Waals surface area contributed by atoms with Crippen molar-refractivity contribution in [2.45, 2.75) is 39.3 Å². The van der Waals surface area contributed by atoms with Crippen molar-refractivity contribution in [1.29, 1.82) is 0 Å². The van der Waals surface area contributed by atoms with Gasteiger partial charge in [0.05, 0.1) is 18.0 Å². The number of aliphatic imine (C=N–C) groups is 1. The van der Waals surface area contributed by atoms with E-state index >= 15 is 0 Å². The maximum Gasteiger partial charge on any atom is 0.155 e. The van der Waals surface area contributed by atoms with Crippen molar-refractivity contribution in [3.63, 3.8) is 0 Å². The Kier molecular flexibility index (Phi) is 5.81. The van der Waals surface area contributed by atoms with Gasteiger partial charge in [-0.3, -0.25) is 4.99 Å². The lowest BCUT2D eigenvalue weighted by molar-refractivity contribution is 0.713. The minimum absolute atomic E-state index is 0.0739. The molecule has 1 aromatic carbocycles. The molecule has 0 aliphatic heterocycles. The van der Waals surface area contributed by atoms with Gasteiger partial charge in [-0.15, -0.1) is 0 Å². The number of pyridine rings is 1. The number of aryl methyl sites for hydroxylation is 1. The van der Waals surface area contributed by atoms with Gasteiger partial charge in [0.2, 0.25) is 0 Å². The number of nitrogens with one attached hydrogen (secondary N) is 2. The summed E-state index contributed by atoms with van der Waals surface area (Å²) in [5.41, 5.74) is 15.1. The molecule has 8 nitrogen and oxygen atoms in total. The summed E-state index contributed by atoms with van der Waals surface area (Å²) in [6, 6.07) is 10.4. The Morgan fingerprint density at radius 2 is 2.21 bits per heavy atom. The highest BCUT2D eigenvalue weighted by molar-refractivity contribution is 6.02. The van der Waals surface area contributed by atoms with Gasteiger partial charge in [-0.1, -0.05) is 24.8 Å². The molecule has 0 saturated carbocycles. The van der Waals surface area contributed by atoms with Crippen LogP contribution in [0, 0.1) is 0 Å². The third kappa shape index (κ3) is 4.15. The molecule has 8 heteroatoms. The first-order chi connectivity index (χ1) is 16.5. The minimum atomic E-state index is 0.0739. The highest BCUT2D eigenvalue weighted by atomic mass is 15.3. The number of anilines is 1. The van der Waals surface area contributed by atoms with E-state index in [1.165, 1.54) is 11.1 Å². The summed E-state index contributed by atoms with van der Waals surface area (Å²) in [7, 11) is 0. The number of hydrogen-bond acceptors (Lipinski definition) is 6. The molecule has 4 N–H and O–H groups in total. The molecule has 0 saturated heterocycles. The maximum atomic E-state index is 6.36. The van der Waals surface area contributed by atoms with Gasteiger partial charge in [-0.05, 0) is 62.1 Å². The zero-order valence-electron chi connectivity index (χ0n) is 19.4. The Labute approximate surface area is 198 Å². The van der Waals surface area contributed by atoms with Gasteiger partial charge in [0, 0.05) is 29.2 Å². The van der Waals surface area contributed by atoms with Crippen molar-refractivity contribution in [2.75, 3.05) is 5.32 Å². The number of nitrogens with zero attached hydrogens (tertiary/aromatic N) is 5. The predicted molar refractivity (Wildman–Crippen MR) is 136 cm³/mol. The van der Waals surface area contributed by atoms with E-state index in [-0.39, 0.29) is 6.04 Å². The fourth-order valence-electron chi connectivity index (χ4n) is 4.52. The number of hydrogen-bond donors (Lipinski definition) is 3. The summed E-state index contributed by atoms with van der Waals surface area (Å²) in [6.45, 7) is 8.21. The van der Waals surface area contributed by atoms with Crippen LogP contribution in [0.1, 0.15) is 49.0 Å². The normalized spacial score (nSPS) is 16.1. The average Bonchev–Trinajstić information content (AvgIpc) is 3.56. The summed E-state index contributed by atoms with van der Waals surface area (Å²) in [5, 5.41) is 7.82. The highest BCUT2D eigenvalue weighted by Crippen LogP contribution is 2.35. The van der Waals surface area contributed by atoms with E-state index in [1.54, 1.807) is 16.9 Å². The fourth-order valence-corrected chi connectivity index (χ4v) is 4.52. The Hall–Kier alpha value is -4.04. The van der Waals surface area contributed by atoms with E-state index in [0.29, 0.717) is 6.54 Å². The monoisotopic (exact) mass is 452 g/mol. The summed E-state index contributed by atoms with van der Waals surface area (Å²) in [4.78, 5) is 17.4. The summed E-state index contributed by atoms with van der Waals surface area (Å²) in [5.74, 6) is 0.813. The molecule has 1 aliphatic rings. The van der Waals surface area contributed by atoms with E-state index in [1.807, 2.05) is 38.3 Å². The van der Waals surface area contributed by atoms with Crippen molar-refractivity contribution >= 4 is 17.0 Å². The molecule has 0 bridgehead atoms. The Morgan fingerprint density at radius 1 is 1.32 bits per heavy atom. The second kappa shape index (κ2) is 9.07. The second-order valence-electron chi connectivity index (χ2n) is 8.51. The average molecular weight is 453 g/mol. The molecule has 1 aliphatic carbocycles. The molecule has 172 valence electrons. The van der Waals surface area contributed by atoms with Crippen LogP contribution in [0.3, 0.4) is 0 Å². The van der Waals surface area contributed by atoms with Crippen molar-refractivity contribution in [1.82, 2.24) is 24.6 Å². The summed E-state index contributed by atoms with van der Waals surface area (Å²) in [6.07, 6.45) is 9.11. The molecular weight excluding hydrogens is 424 g/mol. The second-order valence-corrected chi connectivity index (χ2v) is 8.51. The fraction of sp³-hybridized carbons (Fsp3) is 0.231. The smallest absolute Gasteiger partial charge is 0.155 e. The molecular formula is C26H28N8. The van der Waals surface area contributed by atoms with Gasteiger partial charge >= 0.3 is 0 Å². The molecule has 4 aromatic rings. The molecule has 3 heterocycles.